The lowest BCUT2D eigenvalue weighted by molar-refractivity contribution is 0.0938. The summed E-state index contributed by atoms with van der Waals surface area (Å²) < 4.78 is 0. The maximum absolute atomic E-state index is 12.3. The van der Waals surface area contributed by atoms with Crippen LogP contribution in [-0.2, 0) is 0 Å². The molecule has 2 N–H and O–H groups in total. The van der Waals surface area contributed by atoms with E-state index in [0.29, 0.717) is 5.56 Å². The highest BCUT2D eigenvalue weighted by atomic mass is 16.1. The van der Waals surface area contributed by atoms with Gasteiger partial charge in [0.15, 0.2) is 0 Å². The molecule has 0 saturated heterocycles. The number of hydrogen-bond acceptors (Lipinski definition) is 3. The van der Waals surface area contributed by atoms with Gasteiger partial charge in [-0.05, 0) is 31.7 Å². The molecule has 1 aromatic rings. The van der Waals surface area contributed by atoms with E-state index >= 15 is 0 Å². The molecule has 0 bridgehead atoms. The molecule has 2 rings (SSSR count). The lowest BCUT2D eigenvalue weighted by Crippen LogP contribution is -2.33. The first-order valence-corrected chi connectivity index (χ1v) is 7.19. The minimum atomic E-state index is -0.00541. The monoisotopic (exact) mass is 261 g/mol. The van der Waals surface area contributed by atoms with Crippen LogP contribution >= 0.6 is 0 Å². The van der Waals surface area contributed by atoms with Gasteiger partial charge in [0, 0.05) is 18.8 Å². The summed E-state index contributed by atoms with van der Waals surface area (Å²) in [6.07, 6.45) is 8.13. The molecule has 0 radical (unpaired) electrons. The van der Waals surface area contributed by atoms with Crippen LogP contribution in [0.1, 0.15) is 49.9 Å². The fourth-order valence-electron chi connectivity index (χ4n) is 2.21. The van der Waals surface area contributed by atoms with Crippen molar-refractivity contribution in [2.24, 2.45) is 5.92 Å². The Labute approximate surface area is 115 Å². The van der Waals surface area contributed by atoms with Gasteiger partial charge in [-0.2, -0.15) is 0 Å². The summed E-state index contributed by atoms with van der Waals surface area (Å²) in [5.74, 6) is 0.819. The van der Waals surface area contributed by atoms with Crippen LogP contribution < -0.4 is 10.6 Å². The molecule has 1 fully saturated rings. The second-order valence-corrected chi connectivity index (χ2v) is 5.40. The van der Waals surface area contributed by atoms with E-state index in [9.17, 15) is 4.79 Å². The second-order valence-electron chi connectivity index (χ2n) is 5.40. The predicted octanol–water partition coefficient (Wildman–Crippen LogP) is 2.82. The molecule has 1 aliphatic carbocycles. The second kappa shape index (κ2) is 6.55. The van der Waals surface area contributed by atoms with Crippen molar-refractivity contribution in [3.05, 3.63) is 24.0 Å². The van der Waals surface area contributed by atoms with Gasteiger partial charge >= 0.3 is 0 Å². The quantitative estimate of drug-likeness (QED) is 0.793. The van der Waals surface area contributed by atoms with E-state index in [-0.39, 0.29) is 11.9 Å². The topological polar surface area (TPSA) is 54.0 Å². The number of nitrogens with zero attached hydrogens (tertiary/aromatic N) is 1. The molecule has 1 atom stereocenters. The molecule has 4 heteroatoms. The van der Waals surface area contributed by atoms with Gasteiger partial charge in [0.25, 0.3) is 5.91 Å². The van der Waals surface area contributed by atoms with Crippen molar-refractivity contribution in [3.63, 3.8) is 0 Å². The number of carbonyl (C=O) groups excluding carboxylic acids is 1. The maximum atomic E-state index is 12.3. The Morgan fingerprint density at radius 1 is 1.53 bits per heavy atom. The van der Waals surface area contributed by atoms with E-state index in [0.717, 1.165) is 31.0 Å². The van der Waals surface area contributed by atoms with Crippen molar-refractivity contribution < 1.29 is 4.79 Å². The summed E-state index contributed by atoms with van der Waals surface area (Å²) in [5.41, 5.74) is 1.51. The molecule has 1 aromatic heterocycles. The van der Waals surface area contributed by atoms with Crippen molar-refractivity contribution in [2.75, 3.05) is 11.9 Å². The molecule has 19 heavy (non-hydrogen) atoms. The third kappa shape index (κ3) is 4.23. The van der Waals surface area contributed by atoms with E-state index < -0.39 is 0 Å². The molecular weight excluding hydrogens is 238 g/mol. The van der Waals surface area contributed by atoms with Crippen LogP contribution in [0.2, 0.25) is 0 Å². The fraction of sp³-hybridized carbons (Fsp3) is 0.600. The van der Waals surface area contributed by atoms with E-state index in [1.807, 2.05) is 0 Å². The SMILES string of the molecule is CCCNc1cnccc1C(=O)NC(C)CC1CC1. The van der Waals surface area contributed by atoms with Crippen molar-refractivity contribution in [1.29, 1.82) is 0 Å². The zero-order chi connectivity index (χ0) is 13.7. The third-order valence-electron chi connectivity index (χ3n) is 3.39. The summed E-state index contributed by atoms with van der Waals surface area (Å²) in [6.45, 7) is 5.03. The first-order valence-electron chi connectivity index (χ1n) is 7.19. The minimum Gasteiger partial charge on any atom is -0.383 e. The average Bonchev–Trinajstić information content (AvgIpc) is 3.20. The average molecular weight is 261 g/mol. The van der Waals surface area contributed by atoms with Crippen molar-refractivity contribution in [1.82, 2.24) is 10.3 Å². The standard InChI is InChI=1S/C15H23N3O/c1-3-7-17-14-10-16-8-6-13(14)15(19)18-11(2)9-12-4-5-12/h6,8,10-12,17H,3-5,7,9H2,1-2H3,(H,18,19). The summed E-state index contributed by atoms with van der Waals surface area (Å²) in [6, 6.07) is 2.02. The minimum absolute atomic E-state index is 0.00541. The van der Waals surface area contributed by atoms with Gasteiger partial charge in [-0.3, -0.25) is 9.78 Å². The number of carbonyl (C=O) groups is 1. The zero-order valence-electron chi connectivity index (χ0n) is 11.8. The number of amides is 1. The number of rotatable bonds is 7. The van der Waals surface area contributed by atoms with E-state index in [4.69, 9.17) is 0 Å². The summed E-state index contributed by atoms with van der Waals surface area (Å²) in [5, 5.41) is 6.32. The first-order chi connectivity index (χ1) is 9.20. The lowest BCUT2D eigenvalue weighted by atomic mass is 10.1. The van der Waals surface area contributed by atoms with Gasteiger partial charge < -0.3 is 10.6 Å². The number of nitrogens with one attached hydrogen (secondary N) is 2. The van der Waals surface area contributed by atoms with Gasteiger partial charge in [0.1, 0.15) is 0 Å². The Morgan fingerprint density at radius 2 is 2.32 bits per heavy atom. The highest BCUT2D eigenvalue weighted by Crippen LogP contribution is 2.33. The van der Waals surface area contributed by atoms with Crippen LogP contribution in [0.15, 0.2) is 18.5 Å². The number of hydrogen-bond donors (Lipinski definition) is 2. The highest BCUT2D eigenvalue weighted by molar-refractivity contribution is 5.99. The Morgan fingerprint density at radius 3 is 3.00 bits per heavy atom. The number of anilines is 1. The highest BCUT2D eigenvalue weighted by Gasteiger charge is 2.24. The summed E-state index contributed by atoms with van der Waals surface area (Å²) in [7, 11) is 0. The van der Waals surface area contributed by atoms with Crippen LogP contribution in [0.4, 0.5) is 5.69 Å². The molecular formula is C15H23N3O. The van der Waals surface area contributed by atoms with Crippen LogP contribution in [0, 0.1) is 5.92 Å². The van der Waals surface area contributed by atoms with Crippen LogP contribution in [0.25, 0.3) is 0 Å². The van der Waals surface area contributed by atoms with Gasteiger partial charge in [-0.1, -0.05) is 19.8 Å². The first kappa shape index (κ1) is 13.8. The van der Waals surface area contributed by atoms with Crippen molar-refractivity contribution in [3.8, 4) is 0 Å². The van der Waals surface area contributed by atoms with E-state index in [1.54, 1.807) is 18.5 Å². The van der Waals surface area contributed by atoms with Crippen LogP contribution in [0.5, 0.6) is 0 Å². The van der Waals surface area contributed by atoms with E-state index in [1.165, 1.54) is 12.8 Å². The van der Waals surface area contributed by atoms with Gasteiger partial charge in [-0.15, -0.1) is 0 Å². The van der Waals surface area contributed by atoms with Crippen LogP contribution in [-0.4, -0.2) is 23.5 Å². The third-order valence-corrected chi connectivity index (χ3v) is 3.39. The Bertz CT molecular complexity index is 429. The van der Waals surface area contributed by atoms with Crippen molar-refractivity contribution in [2.45, 2.75) is 45.6 Å². The zero-order valence-corrected chi connectivity index (χ0v) is 11.8. The Hall–Kier alpha value is -1.58. The Kier molecular flexibility index (Phi) is 4.77. The molecule has 0 aromatic carbocycles. The molecule has 1 unspecified atom stereocenters. The van der Waals surface area contributed by atoms with Gasteiger partial charge in [-0.25, -0.2) is 0 Å². The summed E-state index contributed by atoms with van der Waals surface area (Å²) in [4.78, 5) is 16.3. The van der Waals surface area contributed by atoms with Gasteiger partial charge in [0.2, 0.25) is 0 Å². The molecule has 1 heterocycles. The maximum Gasteiger partial charge on any atom is 0.253 e. The molecule has 104 valence electrons. The molecule has 1 aliphatic rings. The smallest absolute Gasteiger partial charge is 0.253 e. The predicted molar refractivity (Wildman–Crippen MR) is 77.3 cm³/mol. The largest absolute Gasteiger partial charge is 0.383 e. The molecule has 1 saturated carbocycles. The molecule has 1 amide bonds. The molecule has 0 spiro atoms. The normalized spacial score (nSPS) is 15.9. The van der Waals surface area contributed by atoms with Gasteiger partial charge in [0.05, 0.1) is 17.4 Å². The van der Waals surface area contributed by atoms with E-state index in [2.05, 4.69) is 29.5 Å². The van der Waals surface area contributed by atoms with Crippen molar-refractivity contribution >= 4 is 11.6 Å². The van der Waals surface area contributed by atoms with Crippen LogP contribution in [0.3, 0.4) is 0 Å². The molecule has 4 nitrogen and oxygen atoms in total. The molecule has 0 aliphatic heterocycles. The fourth-order valence-corrected chi connectivity index (χ4v) is 2.21. The number of pyridine rings is 1. The lowest BCUT2D eigenvalue weighted by Gasteiger charge is -2.15. The Balaban J connectivity index is 1.96. The number of aromatic nitrogens is 1. The summed E-state index contributed by atoms with van der Waals surface area (Å²) >= 11 is 0.